The molecule has 1 aliphatic heterocycles. The third kappa shape index (κ3) is 4.60. The lowest BCUT2D eigenvalue weighted by Crippen LogP contribution is -2.46. The van der Waals surface area contributed by atoms with Gasteiger partial charge in [-0.05, 0) is 26.0 Å². The largest absolute Gasteiger partial charge is 0.369 e. The maximum Gasteiger partial charge on any atom is 0.133 e. The predicted octanol–water partition coefficient (Wildman–Crippen LogP) is 2.79. The van der Waals surface area contributed by atoms with Crippen LogP contribution in [-0.2, 0) is 6.42 Å². The lowest BCUT2D eigenvalue weighted by Gasteiger charge is -2.36. The number of rotatable bonds is 6. The topological polar surface area (TPSA) is 32.5 Å². The second-order valence-electron chi connectivity index (χ2n) is 5.33. The van der Waals surface area contributed by atoms with Gasteiger partial charge in [-0.15, -0.1) is 0 Å². The first-order valence-electron chi connectivity index (χ1n) is 7.58. The van der Waals surface area contributed by atoms with Crippen LogP contribution in [0.4, 0.5) is 0 Å². The van der Waals surface area contributed by atoms with E-state index in [1.54, 1.807) is 0 Å². The van der Waals surface area contributed by atoms with Crippen molar-refractivity contribution in [2.75, 3.05) is 32.7 Å². The molecule has 2 rings (SSSR count). The normalized spacial score (nSPS) is 17.6. The number of hydrogen-bond acceptors (Lipinski definition) is 4. The van der Waals surface area contributed by atoms with Gasteiger partial charge >= 0.3 is 0 Å². The summed E-state index contributed by atoms with van der Waals surface area (Å²) in [5.74, 6) is 0.888. The SMILES string of the molecule is C=C/C(=C\C=C/C)N1CCN(CCc2cc(C)on2)CC1. The Bertz CT molecular complexity index is 508. The van der Waals surface area contributed by atoms with Crippen molar-refractivity contribution in [2.45, 2.75) is 20.3 Å². The molecule has 0 spiro atoms. The Kier molecular flexibility index (Phi) is 5.81. The molecule has 0 aromatic carbocycles. The minimum absolute atomic E-state index is 0.888. The van der Waals surface area contributed by atoms with Crippen LogP contribution >= 0.6 is 0 Å². The van der Waals surface area contributed by atoms with Gasteiger partial charge in [-0.2, -0.15) is 0 Å². The van der Waals surface area contributed by atoms with Crippen LogP contribution in [0, 0.1) is 6.92 Å². The van der Waals surface area contributed by atoms with Crippen molar-refractivity contribution in [1.29, 1.82) is 0 Å². The highest BCUT2D eigenvalue weighted by molar-refractivity contribution is 5.21. The molecule has 0 unspecified atom stereocenters. The highest BCUT2D eigenvalue weighted by Gasteiger charge is 2.17. The fourth-order valence-electron chi connectivity index (χ4n) is 2.54. The van der Waals surface area contributed by atoms with E-state index >= 15 is 0 Å². The molecule has 2 heterocycles. The quantitative estimate of drug-likeness (QED) is 0.753. The fraction of sp³-hybridized carbons (Fsp3) is 0.471. The van der Waals surface area contributed by atoms with Crippen LogP contribution in [0.3, 0.4) is 0 Å². The molecule has 1 aliphatic rings. The summed E-state index contributed by atoms with van der Waals surface area (Å²) in [5, 5.41) is 4.05. The Morgan fingerprint density at radius 3 is 2.71 bits per heavy atom. The molecular formula is C17H25N3O. The lowest BCUT2D eigenvalue weighted by atomic mass is 10.2. The van der Waals surface area contributed by atoms with Crippen LogP contribution in [0.5, 0.6) is 0 Å². The first-order chi connectivity index (χ1) is 10.2. The summed E-state index contributed by atoms with van der Waals surface area (Å²) < 4.78 is 5.10. The van der Waals surface area contributed by atoms with Crippen molar-refractivity contribution in [3.8, 4) is 0 Å². The molecular weight excluding hydrogens is 262 g/mol. The number of allylic oxidation sites excluding steroid dienone is 4. The summed E-state index contributed by atoms with van der Waals surface area (Å²) in [4.78, 5) is 4.88. The van der Waals surface area contributed by atoms with Gasteiger partial charge in [0.2, 0.25) is 0 Å². The lowest BCUT2D eigenvalue weighted by molar-refractivity contribution is 0.163. The molecule has 0 atom stereocenters. The number of aryl methyl sites for hydroxylation is 1. The summed E-state index contributed by atoms with van der Waals surface area (Å²) in [6, 6.07) is 2.02. The monoisotopic (exact) mass is 287 g/mol. The van der Waals surface area contributed by atoms with Gasteiger partial charge in [0.25, 0.3) is 0 Å². The number of nitrogens with zero attached hydrogens (tertiary/aromatic N) is 3. The Labute approximate surface area is 127 Å². The molecule has 4 heteroatoms. The molecule has 0 amide bonds. The zero-order chi connectivity index (χ0) is 15.1. The van der Waals surface area contributed by atoms with Gasteiger partial charge in [-0.3, -0.25) is 4.90 Å². The molecule has 0 aliphatic carbocycles. The van der Waals surface area contributed by atoms with Crippen LogP contribution in [-0.4, -0.2) is 47.7 Å². The van der Waals surface area contributed by atoms with Crippen molar-refractivity contribution in [3.05, 3.63) is 54.1 Å². The molecule has 1 fully saturated rings. The molecule has 4 nitrogen and oxygen atoms in total. The number of aromatic nitrogens is 1. The summed E-state index contributed by atoms with van der Waals surface area (Å²) in [5.41, 5.74) is 2.26. The van der Waals surface area contributed by atoms with Gasteiger partial charge in [-0.1, -0.05) is 23.9 Å². The zero-order valence-corrected chi connectivity index (χ0v) is 13.1. The van der Waals surface area contributed by atoms with Gasteiger partial charge in [0.1, 0.15) is 5.76 Å². The molecule has 114 valence electrons. The third-order valence-electron chi connectivity index (χ3n) is 3.77. The number of hydrogen-bond donors (Lipinski definition) is 0. The maximum absolute atomic E-state index is 5.10. The first kappa shape index (κ1) is 15.6. The summed E-state index contributed by atoms with van der Waals surface area (Å²) in [7, 11) is 0. The molecule has 1 aromatic rings. The highest BCUT2D eigenvalue weighted by atomic mass is 16.5. The predicted molar refractivity (Wildman–Crippen MR) is 86.1 cm³/mol. The molecule has 0 saturated carbocycles. The molecule has 0 N–H and O–H groups in total. The van der Waals surface area contributed by atoms with Crippen LogP contribution < -0.4 is 0 Å². The van der Waals surface area contributed by atoms with Crippen LogP contribution in [0.25, 0.3) is 0 Å². The standard InChI is InChI=1S/C17H25N3O/c1-4-6-7-17(5-2)20-12-10-19(11-13-20)9-8-16-14-15(3)21-18-16/h4-7,14H,2,8-13H2,1,3H3/b6-4-,17-7+. The summed E-state index contributed by atoms with van der Waals surface area (Å²) >= 11 is 0. The number of piperazine rings is 1. The molecule has 0 radical (unpaired) electrons. The van der Waals surface area contributed by atoms with Crippen molar-refractivity contribution in [2.24, 2.45) is 0 Å². The Morgan fingerprint density at radius 1 is 1.38 bits per heavy atom. The van der Waals surface area contributed by atoms with Crippen LogP contribution in [0.15, 0.2) is 47.2 Å². The van der Waals surface area contributed by atoms with Crippen molar-refractivity contribution >= 4 is 0 Å². The van der Waals surface area contributed by atoms with E-state index in [0.29, 0.717) is 0 Å². The first-order valence-corrected chi connectivity index (χ1v) is 7.58. The van der Waals surface area contributed by atoms with E-state index in [1.165, 1.54) is 5.70 Å². The van der Waals surface area contributed by atoms with E-state index in [0.717, 1.165) is 50.6 Å². The smallest absolute Gasteiger partial charge is 0.133 e. The highest BCUT2D eigenvalue weighted by Crippen LogP contribution is 2.12. The molecule has 0 bridgehead atoms. The second-order valence-corrected chi connectivity index (χ2v) is 5.33. The molecule has 1 aromatic heterocycles. The zero-order valence-electron chi connectivity index (χ0n) is 13.1. The summed E-state index contributed by atoms with van der Waals surface area (Å²) in [6.45, 7) is 13.2. The van der Waals surface area contributed by atoms with E-state index in [4.69, 9.17) is 4.52 Å². The minimum Gasteiger partial charge on any atom is -0.369 e. The van der Waals surface area contributed by atoms with Crippen LogP contribution in [0.2, 0.25) is 0 Å². The third-order valence-corrected chi connectivity index (χ3v) is 3.77. The van der Waals surface area contributed by atoms with E-state index < -0.39 is 0 Å². The van der Waals surface area contributed by atoms with E-state index in [9.17, 15) is 0 Å². The van der Waals surface area contributed by atoms with Gasteiger partial charge in [0.15, 0.2) is 0 Å². The van der Waals surface area contributed by atoms with Crippen molar-refractivity contribution < 1.29 is 4.52 Å². The Balaban J connectivity index is 1.78. The van der Waals surface area contributed by atoms with E-state index in [2.05, 4.69) is 33.7 Å². The van der Waals surface area contributed by atoms with Gasteiger partial charge in [0, 0.05) is 50.9 Å². The summed E-state index contributed by atoms with van der Waals surface area (Å²) in [6.07, 6.45) is 9.13. The van der Waals surface area contributed by atoms with Crippen molar-refractivity contribution in [3.63, 3.8) is 0 Å². The second kappa shape index (κ2) is 7.84. The van der Waals surface area contributed by atoms with E-state index in [1.807, 2.05) is 32.1 Å². The van der Waals surface area contributed by atoms with Gasteiger partial charge < -0.3 is 9.42 Å². The average Bonchev–Trinajstić information content (AvgIpc) is 2.93. The maximum atomic E-state index is 5.10. The average molecular weight is 287 g/mol. The minimum atomic E-state index is 0.888. The van der Waals surface area contributed by atoms with Crippen LogP contribution in [0.1, 0.15) is 18.4 Å². The molecule has 21 heavy (non-hydrogen) atoms. The fourth-order valence-corrected chi connectivity index (χ4v) is 2.54. The van der Waals surface area contributed by atoms with Gasteiger partial charge in [-0.25, -0.2) is 0 Å². The molecule has 1 saturated heterocycles. The van der Waals surface area contributed by atoms with Gasteiger partial charge in [0.05, 0.1) is 5.69 Å². The Hall–Kier alpha value is -1.81. The van der Waals surface area contributed by atoms with E-state index in [-0.39, 0.29) is 0 Å². The Morgan fingerprint density at radius 2 is 2.14 bits per heavy atom. The van der Waals surface area contributed by atoms with Crippen molar-refractivity contribution in [1.82, 2.24) is 15.0 Å².